The van der Waals surface area contributed by atoms with Crippen LogP contribution in [0, 0.1) is 0 Å². The maximum Gasteiger partial charge on any atom is 0.328 e. The molecule has 0 amide bonds. The molecule has 2 rings (SSSR count). The fourth-order valence-electron chi connectivity index (χ4n) is 1.64. The van der Waals surface area contributed by atoms with E-state index in [9.17, 15) is 21.6 Å². The summed E-state index contributed by atoms with van der Waals surface area (Å²) in [6.07, 6.45) is 1.53. The van der Waals surface area contributed by atoms with Crippen LogP contribution in [0.5, 0.6) is 5.75 Å². The van der Waals surface area contributed by atoms with Crippen molar-refractivity contribution >= 4 is 31.1 Å². The van der Waals surface area contributed by atoms with Crippen LogP contribution in [0.1, 0.15) is 0 Å². The first-order valence-electron chi connectivity index (χ1n) is 5.51. The van der Waals surface area contributed by atoms with E-state index in [-0.39, 0.29) is 5.52 Å². The zero-order chi connectivity index (χ0) is 15.8. The van der Waals surface area contributed by atoms with E-state index in [1.54, 1.807) is 18.2 Å². The summed E-state index contributed by atoms with van der Waals surface area (Å²) in [6.45, 7) is 0. The van der Waals surface area contributed by atoms with Gasteiger partial charge in [0.2, 0.25) is 5.75 Å². The van der Waals surface area contributed by atoms with Gasteiger partial charge in [0.1, 0.15) is 0 Å². The Kier molecular flexibility index (Phi) is 3.68. The maximum atomic E-state index is 12.1. The summed E-state index contributed by atoms with van der Waals surface area (Å²) in [5.74, 6) is -0.556. The molecular weight excluding hydrogens is 322 g/mol. The number of benzene rings is 1. The van der Waals surface area contributed by atoms with Crippen LogP contribution in [0.4, 0.5) is 0 Å². The second kappa shape index (κ2) is 5.04. The van der Waals surface area contributed by atoms with Crippen molar-refractivity contribution in [2.24, 2.45) is 0 Å². The lowest BCUT2D eigenvalue weighted by atomic mass is 10.2. The van der Waals surface area contributed by atoms with Crippen LogP contribution in [-0.2, 0) is 20.2 Å². The molecule has 0 spiro atoms. The minimum absolute atomic E-state index is 0.161. The van der Waals surface area contributed by atoms with E-state index in [4.69, 9.17) is 0 Å². The van der Waals surface area contributed by atoms with E-state index in [1.165, 1.54) is 12.1 Å². The third kappa shape index (κ3) is 3.73. The van der Waals surface area contributed by atoms with Crippen LogP contribution in [0.25, 0.3) is 10.9 Å². The van der Waals surface area contributed by atoms with Gasteiger partial charge >= 0.3 is 25.8 Å². The first-order valence-corrected chi connectivity index (χ1v) is 9.14. The molecule has 1 aromatic carbocycles. The highest BCUT2D eigenvalue weighted by atomic mass is 32.2. The number of hydrogen-bond acceptors (Lipinski definition) is 7. The molecule has 0 aliphatic heterocycles. The smallest absolute Gasteiger partial charge is 0.328 e. The Bertz CT molecular complexity index is 958. The van der Waals surface area contributed by atoms with E-state index >= 15 is 0 Å². The topological polar surface area (TPSA) is 109 Å². The van der Waals surface area contributed by atoms with Gasteiger partial charge in [-0.1, -0.05) is 18.2 Å². The van der Waals surface area contributed by atoms with Crippen LogP contribution >= 0.6 is 0 Å². The minimum atomic E-state index is -3.99. The minimum Gasteiger partial charge on any atom is -0.377 e. The van der Waals surface area contributed by atoms with Gasteiger partial charge in [-0.05, 0) is 12.1 Å². The molecular formula is C11H11NO7S2. The Morgan fingerprint density at radius 3 is 2.19 bits per heavy atom. The second-order valence-electron chi connectivity index (χ2n) is 4.23. The molecule has 0 N–H and O–H groups in total. The number of rotatable bonds is 4. The van der Waals surface area contributed by atoms with Gasteiger partial charge in [0.15, 0.2) is 0 Å². The molecule has 21 heavy (non-hydrogen) atoms. The lowest BCUT2D eigenvalue weighted by molar-refractivity contribution is 0.280. The molecule has 0 aliphatic rings. The molecule has 0 fully saturated rings. The summed E-state index contributed by atoms with van der Waals surface area (Å²) in [7, 11) is -7.94. The lowest BCUT2D eigenvalue weighted by Gasteiger charge is -2.11. The molecule has 1 heterocycles. The molecule has 0 radical (unpaired) electrons. The fourth-order valence-corrected chi connectivity index (χ4v) is 2.50. The molecule has 0 atom stereocenters. The molecule has 0 saturated heterocycles. The first kappa shape index (κ1) is 15.3. The van der Waals surface area contributed by atoms with E-state index in [0.29, 0.717) is 10.1 Å². The monoisotopic (exact) mass is 333 g/mol. The molecule has 114 valence electrons. The number of pyridine rings is 1. The largest absolute Gasteiger partial charge is 0.377 e. The lowest BCUT2D eigenvalue weighted by Crippen LogP contribution is -2.31. The van der Waals surface area contributed by atoms with Gasteiger partial charge in [-0.15, -0.1) is 4.73 Å². The van der Waals surface area contributed by atoms with Gasteiger partial charge < -0.3 is 4.18 Å². The van der Waals surface area contributed by atoms with Gasteiger partial charge in [-0.3, -0.25) is 9.08 Å². The summed E-state index contributed by atoms with van der Waals surface area (Å²) in [6, 6.07) is 7.39. The molecule has 10 heteroatoms. The Morgan fingerprint density at radius 2 is 1.62 bits per heavy atom. The van der Waals surface area contributed by atoms with Gasteiger partial charge in [-0.25, -0.2) is 0 Å². The van der Waals surface area contributed by atoms with E-state index in [2.05, 4.69) is 8.47 Å². The van der Waals surface area contributed by atoms with Crippen LogP contribution in [-0.4, -0.2) is 34.1 Å². The molecule has 1 aromatic heterocycles. The third-order valence-electron chi connectivity index (χ3n) is 2.29. The van der Waals surface area contributed by atoms with Crippen molar-refractivity contribution in [1.29, 1.82) is 0 Å². The Labute approximate surface area is 120 Å². The summed E-state index contributed by atoms with van der Waals surface area (Å²) < 4.78 is 54.5. The summed E-state index contributed by atoms with van der Waals surface area (Å²) >= 11 is 0. The fraction of sp³-hybridized carbons (Fsp3) is 0.182. The predicted octanol–water partition coefficient (Wildman–Crippen LogP) is -0.272. The van der Waals surface area contributed by atoms with Crippen molar-refractivity contribution in [3.05, 3.63) is 40.7 Å². The highest BCUT2D eigenvalue weighted by Gasteiger charge is 2.17. The Hall–Kier alpha value is -2.07. The molecule has 8 nitrogen and oxygen atoms in total. The van der Waals surface area contributed by atoms with Crippen LogP contribution in [0.15, 0.2) is 35.1 Å². The summed E-state index contributed by atoms with van der Waals surface area (Å²) in [5.41, 5.74) is -0.877. The first-order chi connectivity index (χ1) is 9.57. The number of aromatic nitrogens is 1. The van der Waals surface area contributed by atoms with Crippen molar-refractivity contribution in [2.75, 3.05) is 12.5 Å². The van der Waals surface area contributed by atoms with Crippen molar-refractivity contribution in [3.8, 4) is 5.75 Å². The van der Waals surface area contributed by atoms with Crippen molar-refractivity contribution in [1.82, 2.24) is 4.73 Å². The molecule has 2 aromatic rings. The molecule has 0 bridgehead atoms. The SMILES string of the molecule is CS(=O)(=O)Oc1cc2ccccc2n(OS(C)(=O)=O)c1=O. The average Bonchev–Trinajstić information content (AvgIpc) is 2.31. The highest BCUT2D eigenvalue weighted by Crippen LogP contribution is 2.17. The van der Waals surface area contributed by atoms with Crippen LogP contribution in [0.3, 0.4) is 0 Å². The van der Waals surface area contributed by atoms with E-state index in [1.807, 2.05) is 0 Å². The van der Waals surface area contributed by atoms with Gasteiger partial charge in [0.25, 0.3) is 0 Å². The third-order valence-corrected chi connectivity index (χ3v) is 3.19. The molecule has 0 aliphatic carbocycles. The second-order valence-corrected chi connectivity index (χ2v) is 7.37. The van der Waals surface area contributed by atoms with E-state index < -0.39 is 31.5 Å². The van der Waals surface area contributed by atoms with Crippen molar-refractivity contribution in [3.63, 3.8) is 0 Å². The standard InChI is InChI=1S/C11H11NO7S2/c1-20(14,15)18-10-7-8-5-3-4-6-9(8)12(11(10)13)19-21(2,16)17/h3-7H,1-2H3. The Morgan fingerprint density at radius 1 is 1.00 bits per heavy atom. The number of fused-ring (bicyclic) bond motifs is 1. The quantitative estimate of drug-likeness (QED) is 0.708. The number of hydrogen-bond donors (Lipinski definition) is 0. The van der Waals surface area contributed by atoms with Crippen LogP contribution in [0.2, 0.25) is 0 Å². The summed E-state index contributed by atoms with van der Waals surface area (Å²) in [4.78, 5) is 12.1. The van der Waals surface area contributed by atoms with E-state index in [0.717, 1.165) is 12.5 Å². The number of para-hydroxylation sites is 1. The van der Waals surface area contributed by atoms with Crippen molar-refractivity contribution in [2.45, 2.75) is 0 Å². The van der Waals surface area contributed by atoms with Gasteiger partial charge in [0, 0.05) is 5.39 Å². The zero-order valence-corrected chi connectivity index (χ0v) is 12.6. The Balaban J connectivity index is 2.80. The summed E-state index contributed by atoms with van der Waals surface area (Å²) in [5, 5.41) is 0.374. The molecule has 0 unspecified atom stereocenters. The molecule has 0 saturated carbocycles. The number of nitrogens with zero attached hydrogens (tertiary/aromatic N) is 1. The predicted molar refractivity (Wildman–Crippen MR) is 75.1 cm³/mol. The van der Waals surface area contributed by atoms with Crippen LogP contribution < -0.4 is 14.0 Å². The van der Waals surface area contributed by atoms with Crippen molar-refractivity contribution < 1.29 is 25.3 Å². The zero-order valence-electron chi connectivity index (χ0n) is 11.0. The van der Waals surface area contributed by atoms with Gasteiger partial charge in [0.05, 0.1) is 18.0 Å². The normalized spacial score (nSPS) is 12.3. The maximum absolute atomic E-state index is 12.1. The highest BCUT2D eigenvalue weighted by molar-refractivity contribution is 7.86. The van der Waals surface area contributed by atoms with Gasteiger partial charge in [-0.2, -0.15) is 16.8 Å². The average molecular weight is 333 g/mol.